The van der Waals surface area contributed by atoms with Crippen molar-refractivity contribution in [1.29, 1.82) is 0 Å². The largest absolute Gasteiger partial charge is 0.497 e. The van der Waals surface area contributed by atoms with Crippen molar-refractivity contribution in [1.82, 2.24) is 10.3 Å². The number of carbonyl (C=O) groups excluding carboxylic acids is 1. The van der Waals surface area contributed by atoms with Crippen molar-refractivity contribution in [3.8, 4) is 5.75 Å². The lowest BCUT2D eigenvalue weighted by molar-refractivity contribution is 0.0294. The van der Waals surface area contributed by atoms with Gasteiger partial charge in [0.25, 0.3) is 5.91 Å². The van der Waals surface area contributed by atoms with Crippen LogP contribution in [0.4, 0.5) is 0 Å². The molecule has 1 amide bonds. The van der Waals surface area contributed by atoms with E-state index in [9.17, 15) is 15.0 Å². The molecule has 1 saturated carbocycles. The van der Waals surface area contributed by atoms with Gasteiger partial charge in [0.15, 0.2) is 5.01 Å². The number of rotatable bonds is 4. The summed E-state index contributed by atoms with van der Waals surface area (Å²) in [5, 5.41) is 23.8. The fourth-order valence-electron chi connectivity index (χ4n) is 3.59. The van der Waals surface area contributed by atoms with E-state index < -0.39 is 18.2 Å². The Hall–Kier alpha value is -2.48. The Morgan fingerprint density at radius 3 is 2.63 bits per heavy atom. The molecular weight excluding hydrogens is 364 g/mol. The maximum Gasteiger partial charge on any atom is 0.280 e. The standard InChI is InChI=1S/C20H20N2O4S/c1-26-12-8-6-11(7-9-12)13-10-15(23)18(24)17(13)22-19(25)20-21-14-4-2-3-5-16(14)27-20/h2-9,13,15,17-18,23-24H,10H2,1H3,(H,22,25). The zero-order valence-corrected chi connectivity index (χ0v) is 15.5. The smallest absolute Gasteiger partial charge is 0.280 e. The highest BCUT2D eigenvalue weighted by atomic mass is 32.1. The van der Waals surface area contributed by atoms with Gasteiger partial charge in [0.2, 0.25) is 0 Å². The first-order valence-corrected chi connectivity index (χ1v) is 9.55. The number of amides is 1. The molecule has 27 heavy (non-hydrogen) atoms. The minimum Gasteiger partial charge on any atom is -0.497 e. The number of ether oxygens (including phenoxy) is 1. The van der Waals surface area contributed by atoms with Gasteiger partial charge in [-0.25, -0.2) is 4.98 Å². The molecular formula is C20H20N2O4S. The molecule has 4 unspecified atom stereocenters. The lowest BCUT2D eigenvalue weighted by Gasteiger charge is -2.23. The van der Waals surface area contributed by atoms with Gasteiger partial charge in [0, 0.05) is 5.92 Å². The van der Waals surface area contributed by atoms with Gasteiger partial charge in [0.1, 0.15) is 11.9 Å². The quantitative estimate of drug-likeness (QED) is 0.642. The summed E-state index contributed by atoms with van der Waals surface area (Å²) in [4.78, 5) is 17.1. The Labute approximate surface area is 160 Å². The third-order valence-corrected chi connectivity index (χ3v) is 6.06. The summed E-state index contributed by atoms with van der Waals surface area (Å²) < 4.78 is 6.11. The second-order valence-corrected chi connectivity index (χ2v) is 7.69. The molecule has 4 atom stereocenters. The van der Waals surface area contributed by atoms with Crippen LogP contribution in [0.25, 0.3) is 10.2 Å². The fraction of sp³-hybridized carbons (Fsp3) is 0.300. The maximum atomic E-state index is 12.7. The number of para-hydroxylation sites is 1. The Balaban J connectivity index is 1.57. The zero-order valence-electron chi connectivity index (χ0n) is 14.7. The average Bonchev–Trinajstić information content (AvgIpc) is 3.25. The molecule has 0 bridgehead atoms. The highest BCUT2D eigenvalue weighted by Gasteiger charge is 2.43. The Morgan fingerprint density at radius 2 is 1.93 bits per heavy atom. The molecule has 0 radical (unpaired) electrons. The van der Waals surface area contributed by atoms with Gasteiger partial charge in [-0.3, -0.25) is 4.79 Å². The number of aliphatic hydroxyl groups is 2. The number of hydrogen-bond donors (Lipinski definition) is 3. The molecule has 2 aromatic carbocycles. The second-order valence-electron chi connectivity index (χ2n) is 6.66. The van der Waals surface area contributed by atoms with Gasteiger partial charge in [-0.15, -0.1) is 11.3 Å². The third kappa shape index (κ3) is 3.41. The van der Waals surface area contributed by atoms with E-state index in [-0.39, 0.29) is 11.8 Å². The van der Waals surface area contributed by atoms with Crippen LogP contribution >= 0.6 is 11.3 Å². The molecule has 1 fully saturated rings. The van der Waals surface area contributed by atoms with Gasteiger partial charge < -0.3 is 20.3 Å². The van der Waals surface area contributed by atoms with Gasteiger partial charge in [-0.05, 0) is 36.2 Å². The number of nitrogens with one attached hydrogen (secondary N) is 1. The van der Waals surface area contributed by atoms with E-state index >= 15 is 0 Å². The van der Waals surface area contributed by atoms with Crippen molar-refractivity contribution < 1.29 is 19.7 Å². The van der Waals surface area contributed by atoms with Crippen LogP contribution in [-0.4, -0.2) is 46.5 Å². The summed E-state index contributed by atoms with van der Waals surface area (Å²) in [5.74, 6) is 0.194. The number of methoxy groups -OCH3 is 1. The molecule has 0 aliphatic heterocycles. The summed E-state index contributed by atoms with van der Waals surface area (Å²) in [7, 11) is 1.60. The Morgan fingerprint density at radius 1 is 1.19 bits per heavy atom. The molecule has 3 aromatic rings. The first-order valence-electron chi connectivity index (χ1n) is 8.73. The summed E-state index contributed by atoms with van der Waals surface area (Å²) >= 11 is 1.31. The lowest BCUT2D eigenvalue weighted by atomic mass is 9.93. The Kier molecular flexibility index (Phi) is 4.82. The van der Waals surface area contributed by atoms with Crippen LogP contribution in [0.15, 0.2) is 48.5 Å². The fourth-order valence-corrected chi connectivity index (χ4v) is 4.46. The van der Waals surface area contributed by atoms with Gasteiger partial charge in [-0.1, -0.05) is 24.3 Å². The minimum absolute atomic E-state index is 0.195. The van der Waals surface area contributed by atoms with Crippen molar-refractivity contribution in [2.45, 2.75) is 30.6 Å². The van der Waals surface area contributed by atoms with Gasteiger partial charge in [0.05, 0.1) is 29.5 Å². The number of aliphatic hydroxyl groups excluding tert-OH is 2. The van der Waals surface area contributed by atoms with Crippen molar-refractivity contribution in [3.63, 3.8) is 0 Å². The number of aromatic nitrogens is 1. The molecule has 1 aliphatic carbocycles. The molecule has 6 nitrogen and oxygen atoms in total. The maximum absolute atomic E-state index is 12.7. The topological polar surface area (TPSA) is 91.7 Å². The highest BCUT2D eigenvalue weighted by molar-refractivity contribution is 7.20. The van der Waals surface area contributed by atoms with E-state index in [1.807, 2.05) is 48.5 Å². The van der Waals surface area contributed by atoms with E-state index in [0.717, 1.165) is 21.5 Å². The molecule has 1 aromatic heterocycles. The molecule has 1 heterocycles. The SMILES string of the molecule is COc1ccc(C2CC(O)C(O)C2NC(=O)c2nc3ccccc3s2)cc1. The molecule has 140 valence electrons. The Bertz CT molecular complexity index is 923. The number of hydrogen-bond acceptors (Lipinski definition) is 6. The highest BCUT2D eigenvalue weighted by Crippen LogP contribution is 2.36. The lowest BCUT2D eigenvalue weighted by Crippen LogP contribution is -2.45. The van der Waals surface area contributed by atoms with Crippen molar-refractivity contribution >= 4 is 27.5 Å². The van der Waals surface area contributed by atoms with Crippen LogP contribution in [0.5, 0.6) is 5.75 Å². The number of benzene rings is 2. The van der Waals surface area contributed by atoms with Gasteiger partial charge >= 0.3 is 0 Å². The first-order chi connectivity index (χ1) is 13.1. The normalized spacial score (nSPS) is 24.9. The molecule has 3 N–H and O–H groups in total. The van der Waals surface area contributed by atoms with E-state index in [4.69, 9.17) is 4.74 Å². The number of carbonyl (C=O) groups is 1. The predicted octanol–water partition coefficient (Wildman–Crippen LogP) is 2.31. The second kappa shape index (κ2) is 7.26. The molecule has 0 saturated heterocycles. The molecule has 1 aliphatic rings. The first kappa shape index (κ1) is 17.9. The van der Waals surface area contributed by atoms with Crippen LogP contribution in [0.3, 0.4) is 0 Å². The van der Waals surface area contributed by atoms with Crippen LogP contribution in [0.1, 0.15) is 27.7 Å². The summed E-state index contributed by atoms with van der Waals surface area (Å²) in [5.41, 5.74) is 1.70. The summed E-state index contributed by atoms with van der Waals surface area (Å²) in [6, 6.07) is 14.4. The van der Waals surface area contributed by atoms with Gasteiger partial charge in [-0.2, -0.15) is 0 Å². The van der Waals surface area contributed by atoms with Crippen LogP contribution in [0, 0.1) is 0 Å². The molecule has 7 heteroatoms. The molecule has 0 spiro atoms. The average molecular weight is 384 g/mol. The summed E-state index contributed by atoms with van der Waals surface area (Å²) in [6.07, 6.45) is -1.55. The third-order valence-electron chi connectivity index (χ3n) is 5.02. The van der Waals surface area contributed by atoms with Crippen molar-refractivity contribution in [2.24, 2.45) is 0 Å². The van der Waals surface area contributed by atoms with E-state index in [0.29, 0.717) is 11.4 Å². The number of nitrogens with zero attached hydrogens (tertiary/aromatic N) is 1. The zero-order chi connectivity index (χ0) is 19.0. The van der Waals surface area contributed by atoms with E-state index in [2.05, 4.69) is 10.3 Å². The minimum atomic E-state index is -1.03. The number of fused-ring (bicyclic) bond motifs is 1. The van der Waals surface area contributed by atoms with E-state index in [1.165, 1.54) is 11.3 Å². The van der Waals surface area contributed by atoms with Crippen LogP contribution in [0.2, 0.25) is 0 Å². The number of thiazole rings is 1. The molecule has 4 rings (SSSR count). The van der Waals surface area contributed by atoms with Crippen molar-refractivity contribution in [3.05, 3.63) is 59.1 Å². The van der Waals surface area contributed by atoms with Crippen molar-refractivity contribution in [2.75, 3.05) is 7.11 Å². The predicted molar refractivity (Wildman–Crippen MR) is 103 cm³/mol. The van der Waals surface area contributed by atoms with E-state index in [1.54, 1.807) is 7.11 Å². The van der Waals surface area contributed by atoms with Crippen LogP contribution in [-0.2, 0) is 0 Å². The van der Waals surface area contributed by atoms with Crippen LogP contribution < -0.4 is 10.1 Å². The summed E-state index contributed by atoms with van der Waals surface area (Å²) in [6.45, 7) is 0. The monoisotopic (exact) mass is 384 g/mol.